The third-order valence-corrected chi connectivity index (χ3v) is 7.16. The lowest BCUT2D eigenvalue weighted by atomic mass is 10.0. The van der Waals surface area contributed by atoms with Gasteiger partial charge in [-0.25, -0.2) is 9.97 Å². The van der Waals surface area contributed by atoms with Gasteiger partial charge in [-0.15, -0.1) is 0 Å². The fourth-order valence-electron chi connectivity index (χ4n) is 5.06. The summed E-state index contributed by atoms with van der Waals surface area (Å²) in [4.78, 5) is 10.2. The average Bonchev–Trinajstić information content (AvgIpc) is 3.32. The van der Waals surface area contributed by atoms with E-state index in [1.807, 2.05) is 48.5 Å². The van der Waals surface area contributed by atoms with Gasteiger partial charge in [-0.05, 0) is 41.5 Å². The van der Waals surface area contributed by atoms with E-state index in [-0.39, 0.29) is 0 Å². The first-order chi connectivity index (χ1) is 18.7. The molecule has 7 rings (SSSR count). The van der Waals surface area contributed by atoms with Crippen molar-refractivity contribution < 1.29 is 0 Å². The Labute approximate surface area is 225 Å². The van der Waals surface area contributed by atoms with Crippen molar-refractivity contribution in [3.63, 3.8) is 0 Å². The number of nitrogens with zero attached hydrogens (tertiary/aromatic N) is 3. The fraction of sp³-hybridized carbons (Fsp3) is 0. The van der Waals surface area contributed by atoms with Crippen LogP contribution in [0.5, 0.6) is 0 Å². The minimum Gasteiger partial charge on any atom is -0.278 e. The Balaban J connectivity index is 1.53. The third-order valence-electron chi connectivity index (χ3n) is 6.90. The fourth-order valence-corrected chi connectivity index (χ4v) is 5.18. The Hall–Kier alpha value is -4.73. The zero-order chi connectivity index (χ0) is 25.5. The highest BCUT2D eigenvalue weighted by atomic mass is 35.5. The van der Waals surface area contributed by atoms with Crippen molar-refractivity contribution in [2.45, 2.75) is 0 Å². The van der Waals surface area contributed by atoms with E-state index >= 15 is 0 Å². The highest BCUT2D eigenvalue weighted by molar-refractivity contribution is 6.30. The van der Waals surface area contributed by atoms with Crippen LogP contribution in [0.3, 0.4) is 0 Å². The number of benzene rings is 5. The van der Waals surface area contributed by atoms with Crippen molar-refractivity contribution >= 4 is 33.4 Å². The Morgan fingerprint density at radius 1 is 0.447 bits per heavy atom. The predicted molar refractivity (Wildman–Crippen MR) is 158 cm³/mol. The second kappa shape index (κ2) is 9.29. The molecule has 180 valence electrons. The molecule has 3 nitrogen and oxygen atoms in total. The van der Waals surface area contributed by atoms with Gasteiger partial charge in [-0.1, -0.05) is 115 Å². The molecule has 0 N–H and O–H groups in total. The molecule has 0 aliphatic rings. The summed E-state index contributed by atoms with van der Waals surface area (Å²) in [5.41, 5.74) is 8.22. The average molecular weight is 508 g/mol. The van der Waals surface area contributed by atoms with E-state index in [1.54, 1.807) is 0 Å². The molecule has 38 heavy (non-hydrogen) atoms. The van der Waals surface area contributed by atoms with E-state index < -0.39 is 0 Å². The van der Waals surface area contributed by atoms with Gasteiger partial charge in [0.05, 0.1) is 22.4 Å². The third kappa shape index (κ3) is 3.94. The standard InChI is InChI=1S/C34H22ClN3/c35-27-18-15-23(16-19-27)26-17-20-29-28-13-7-8-14-32(28)38(33(29)21-26)34-36-30(24-9-3-1-4-10-24)22-31(37-34)25-11-5-2-6-12-25/h1-22H. The lowest BCUT2D eigenvalue weighted by Gasteiger charge is -2.12. The zero-order valence-electron chi connectivity index (χ0n) is 20.4. The molecule has 0 saturated carbocycles. The van der Waals surface area contributed by atoms with E-state index in [1.165, 1.54) is 5.39 Å². The normalized spacial score (nSPS) is 11.3. The van der Waals surface area contributed by atoms with Crippen LogP contribution in [0.4, 0.5) is 0 Å². The van der Waals surface area contributed by atoms with Gasteiger partial charge in [0.1, 0.15) is 0 Å². The number of aromatic nitrogens is 3. The van der Waals surface area contributed by atoms with E-state index in [9.17, 15) is 0 Å². The zero-order valence-corrected chi connectivity index (χ0v) is 21.2. The molecule has 0 aliphatic heterocycles. The van der Waals surface area contributed by atoms with Gasteiger partial charge in [0.15, 0.2) is 0 Å². The minimum absolute atomic E-state index is 0.643. The second-order valence-corrected chi connectivity index (χ2v) is 9.70. The minimum atomic E-state index is 0.643. The first kappa shape index (κ1) is 22.5. The molecule has 0 saturated heterocycles. The van der Waals surface area contributed by atoms with Crippen LogP contribution in [0.15, 0.2) is 133 Å². The van der Waals surface area contributed by atoms with Crippen LogP contribution >= 0.6 is 11.6 Å². The Kier molecular flexibility index (Phi) is 5.49. The molecule has 7 aromatic rings. The van der Waals surface area contributed by atoms with Gasteiger partial charge >= 0.3 is 0 Å². The molecule has 5 aromatic carbocycles. The number of halogens is 1. The monoisotopic (exact) mass is 507 g/mol. The molecule has 0 atom stereocenters. The predicted octanol–water partition coefficient (Wildman–Crippen LogP) is 9.23. The summed E-state index contributed by atoms with van der Waals surface area (Å²) in [5.74, 6) is 0.643. The molecule has 0 bridgehead atoms. The molecule has 2 aromatic heterocycles. The lowest BCUT2D eigenvalue weighted by Crippen LogP contribution is -2.04. The molecular weight excluding hydrogens is 486 g/mol. The molecule has 0 fully saturated rings. The van der Waals surface area contributed by atoms with Crippen molar-refractivity contribution in [3.8, 4) is 39.6 Å². The lowest BCUT2D eigenvalue weighted by molar-refractivity contribution is 0.996. The molecule has 2 heterocycles. The highest BCUT2D eigenvalue weighted by Gasteiger charge is 2.17. The van der Waals surface area contributed by atoms with Crippen LogP contribution in [-0.2, 0) is 0 Å². The largest absolute Gasteiger partial charge is 0.278 e. The van der Waals surface area contributed by atoms with Crippen molar-refractivity contribution in [3.05, 3.63) is 138 Å². The van der Waals surface area contributed by atoms with Crippen LogP contribution in [-0.4, -0.2) is 14.5 Å². The van der Waals surface area contributed by atoms with E-state index in [4.69, 9.17) is 21.6 Å². The van der Waals surface area contributed by atoms with Gasteiger partial charge in [-0.2, -0.15) is 0 Å². The maximum atomic E-state index is 6.16. The van der Waals surface area contributed by atoms with Crippen LogP contribution in [0.2, 0.25) is 5.02 Å². The van der Waals surface area contributed by atoms with Crippen LogP contribution in [0.25, 0.3) is 61.4 Å². The van der Waals surface area contributed by atoms with Gasteiger partial charge < -0.3 is 0 Å². The smallest absolute Gasteiger partial charge is 0.235 e. The summed E-state index contributed by atoms with van der Waals surface area (Å²) < 4.78 is 2.18. The molecule has 0 aliphatic carbocycles. The quantitative estimate of drug-likeness (QED) is 0.237. The van der Waals surface area contributed by atoms with Crippen molar-refractivity contribution in [1.82, 2.24) is 14.5 Å². The number of fused-ring (bicyclic) bond motifs is 3. The molecule has 0 unspecified atom stereocenters. The van der Waals surface area contributed by atoms with Gasteiger partial charge in [0.2, 0.25) is 5.95 Å². The van der Waals surface area contributed by atoms with E-state index in [0.29, 0.717) is 5.95 Å². The summed E-state index contributed by atoms with van der Waals surface area (Å²) in [6.45, 7) is 0. The summed E-state index contributed by atoms with van der Waals surface area (Å²) in [7, 11) is 0. The maximum absolute atomic E-state index is 6.16. The van der Waals surface area contributed by atoms with E-state index in [0.717, 1.165) is 55.1 Å². The van der Waals surface area contributed by atoms with Crippen LogP contribution in [0, 0.1) is 0 Å². The number of para-hydroxylation sites is 1. The molecular formula is C34H22ClN3. The summed E-state index contributed by atoms with van der Waals surface area (Å²) in [6, 6.07) is 45.6. The van der Waals surface area contributed by atoms with Gasteiger partial charge in [0, 0.05) is 26.9 Å². The van der Waals surface area contributed by atoms with Crippen molar-refractivity contribution in [2.24, 2.45) is 0 Å². The maximum Gasteiger partial charge on any atom is 0.235 e. The second-order valence-electron chi connectivity index (χ2n) is 9.26. The number of hydrogen-bond donors (Lipinski definition) is 0. The van der Waals surface area contributed by atoms with E-state index in [2.05, 4.69) is 89.5 Å². The first-order valence-electron chi connectivity index (χ1n) is 12.5. The van der Waals surface area contributed by atoms with Gasteiger partial charge in [-0.3, -0.25) is 4.57 Å². The van der Waals surface area contributed by atoms with Crippen LogP contribution < -0.4 is 0 Å². The number of hydrogen-bond acceptors (Lipinski definition) is 2. The highest BCUT2D eigenvalue weighted by Crippen LogP contribution is 2.35. The Morgan fingerprint density at radius 2 is 1.00 bits per heavy atom. The molecule has 0 radical (unpaired) electrons. The van der Waals surface area contributed by atoms with Crippen molar-refractivity contribution in [1.29, 1.82) is 0 Å². The summed E-state index contributed by atoms with van der Waals surface area (Å²) in [6.07, 6.45) is 0. The summed E-state index contributed by atoms with van der Waals surface area (Å²) in [5, 5.41) is 3.05. The molecule has 0 spiro atoms. The first-order valence-corrected chi connectivity index (χ1v) is 12.9. The topological polar surface area (TPSA) is 30.7 Å². The SMILES string of the molecule is Clc1ccc(-c2ccc3c4ccccc4n(-c4nc(-c5ccccc5)cc(-c5ccccc5)n4)c3c2)cc1. The molecule has 4 heteroatoms. The Bertz CT molecular complexity index is 1850. The van der Waals surface area contributed by atoms with Crippen molar-refractivity contribution in [2.75, 3.05) is 0 Å². The summed E-state index contributed by atoms with van der Waals surface area (Å²) >= 11 is 6.16. The van der Waals surface area contributed by atoms with Crippen LogP contribution in [0.1, 0.15) is 0 Å². The number of rotatable bonds is 4. The van der Waals surface area contributed by atoms with Gasteiger partial charge in [0.25, 0.3) is 0 Å². The Morgan fingerprint density at radius 3 is 1.66 bits per heavy atom. The molecule has 0 amide bonds.